The number of hydrogen-bond donors (Lipinski definition) is 1. The van der Waals surface area contributed by atoms with Crippen molar-refractivity contribution >= 4 is 0 Å². The van der Waals surface area contributed by atoms with E-state index in [2.05, 4.69) is 41.4 Å². The van der Waals surface area contributed by atoms with Crippen molar-refractivity contribution in [1.82, 2.24) is 10.2 Å². The molecule has 3 rings (SSSR count). The Morgan fingerprint density at radius 3 is 2.45 bits per heavy atom. The second-order valence-corrected chi connectivity index (χ2v) is 7.04. The minimum atomic E-state index is 0.704. The summed E-state index contributed by atoms with van der Waals surface area (Å²) in [6.45, 7) is 7.19. The molecule has 2 heterocycles. The maximum Gasteiger partial charge on any atom is 0.118 e. The second kappa shape index (κ2) is 7.47. The predicted molar refractivity (Wildman–Crippen MR) is 91.2 cm³/mol. The van der Waals surface area contributed by atoms with E-state index in [9.17, 15) is 0 Å². The van der Waals surface area contributed by atoms with E-state index in [-0.39, 0.29) is 0 Å². The molecule has 3 nitrogen and oxygen atoms in total. The van der Waals surface area contributed by atoms with Gasteiger partial charge in [0.2, 0.25) is 0 Å². The predicted octanol–water partition coefficient (Wildman–Crippen LogP) is 3.30. The van der Waals surface area contributed by atoms with Crippen molar-refractivity contribution in [2.75, 3.05) is 26.7 Å². The zero-order valence-electron chi connectivity index (χ0n) is 14.1. The number of benzene rings is 1. The van der Waals surface area contributed by atoms with Crippen LogP contribution >= 0.6 is 0 Å². The Morgan fingerprint density at radius 1 is 1.09 bits per heavy atom. The van der Waals surface area contributed by atoms with Crippen LogP contribution in [-0.4, -0.2) is 37.7 Å². The zero-order valence-corrected chi connectivity index (χ0v) is 14.1. The molecule has 1 N–H and O–H groups in total. The van der Waals surface area contributed by atoms with Crippen LogP contribution in [0.2, 0.25) is 0 Å². The van der Waals surface area contributed by atoms with E-state index in [1.54, 1.807) is 7.11 Å². The van der Waals surface area contributed by atoms with Crippen LogP contribution in [0.3, 0.4) is 0 Å². The molecule has 0 radical (unpaired) electrons. The molecule has 2 aliphatic heterocycles. The fraction of sp³-hybridized carbons (Fsp3) is 0.684. The van der Waals surface area contributed by atoms with Crippen molar-refractivity contribution in [3.63, 3.8) is 0 Å². The largest absolute Gasteiger partial charge is 0.497 e. The number of ether oxygens (including phenoxy) is 1. The van der Waals surface area contributed by atoms with Crippen molar-refractivity contribution < 1.29 is 4.74 Å². The van der Waals surface area contributed by atoms with Gasteiger partial charge in [-0.2, -0.15) is 0 Å². The lowest BCUT2D eigenvalue weighted by molar-refractivity contribution is 0.0796. The fourth-order valence-corrected chi connectivity index (χ4v) is 4.20. The van der Waals surface area contributed by atoms with Crippen LogP contribution in [0, 0.1) is 11.8 Å². The highest BCUT2D eigenvalue weighted by atomic mass is 16.5. The first-order valence-electron chi connectivity index (χ1n) is 8.84. The van der Waals surface area contributed by atoms with Crippen LogP contribution in [0.1, 0.15) is 38.2 Å². The van der Waals surface area contributed by atoms with Gasteiger partial charge in [-0.05, 0) is 81.8 Å². The van der Waals surface area contributed by atoms with Crippen LogP contribution in [0.15, 0.2) is 24.3 Å². The van der Waals surface area contributed by atoms with E-state index >= 15 is 0 Å². The third-order valence-corrected chi connectivity index (χ3v) is 5.65. The molecule has 122 valence electrons. The van der Waals surface area contributed by atoms with Crippen LogP contribution < -0.4 is 10.1 Å². The lowest BCUT2D eigenvalue weighted by Crippen LogP contribution is -2.43. The van der Waals surface area contributed by atoms with Crippen LogP contribution in [-0.2, 0) is 6.54 Å². The highest BCUT2D eigenvalue weighted by molar-refractivity contribution is 5.27. The monoisotopic (exact) mass is 302 g/mol. The first-order valence-corrected chi connectivity index (χ1v) is 8.84. The topological polar surface area (TPSA) is 24.5 Å². The summed E-state index contributed by atoms with van der Waals surface area (Å²) in [7, 11) is 1.72. The van der Waals surface area contributed by atoms with Gasteiger partial charge in [0.05, 0.1) is 7.11 Å². The summed E-state index contributed by atoms with van der Waals surface area (Å²) in [4.78, 5) is 2.65. The first kappa shape index (κ1) is 15.8. The van der Waals surface area contributed by atoms with Crippen molar-refractivity contribution in [2.24, 2.45) is 11.8 Å². The van der Waals surface area contributed by atoms with Gasteiger partial charge in [-0.25, -0.2) is 0 Å². The van der Waals surface area contributed by atoms with Gasteiger partial charge in [0, 0.05) is 12.6 Å². The third kappa shape index (κ3) is 3.82. The molecular formula is C19H30N2O. The maximum atomic E-state index is 5.24. The van der Waals surface area contributed by atoms with Crippen molar-refractivity contribution in [3.05, 3.63) is 29.8 Å². The molecule has 2 aliphatic rings. The summed E-state index contributed by atoms with van der Waals surface area (Å²) >= 11 is 0. The quantitative estimate of drug-likeness (QED) is 0.923. The minimum Gasteiger partial charge on any atom is -0.497 e. The van der Waals surface area contributed by atoms with E-state index < -0.39 is 0 Å². The van der Waals surface area contributed by atoms with Gasteiger partial charge < -0.3 is 10.1 Å². The summed E-state index contributed by atoms with van der Waals surface area (Å²) in [5.74, 6) is 2.86. The lowest BCUT2D eigenvalue weighted by atomic mass is 9.77. The van der Waals surface area contributed by atoms with Crippen molar-refractivity contribution in [2.45, 2.75) is 45.2 Å². The number of nitrogens with one attached hydrogen (secondary N) is 1. The molecular weight excluding hydrogens is 272 g/mol. The average Bonchev–Trinajstić information content (AvgIpc) is 2.58. The normalized spacial score (nSPS) is 27.7. The van der Waals surface area contributed by atoms with Gasteiger partial charge in [-0.15, -0.1) is 0 Å². The zero-order chi connectivity index (χ0) is 15.4. The minimum absolute atomic E-state index is 0.704. The highest BCUT2D eigenvalue weighted by Crippen LogP contribution is 2.34. The van der Waals surface area contributed by atoms with Gasteiger partial charge in [0.15, 0.2) is 0 Å². The van der Waals surface area contributed by atoms with Gasteiger partial charge in [-0.3, -0.25) is 4.90 Å². The Balaban J connectivity index is 1.53. The van der Waals surface area contributed by atoms with Gasteiger partial charge in [0.1, 0.15) is 5.75 Å². The van der Waals surface area contributed by atoms with Gasteiger partial charge >= 0.3 is 0 Å². The molecule has 1 aromatic carbocycles. The second-order valence-electron chi connectivity index (χ2n) is 7.04. The van der Waals surface area contributed by atoms with Gasteiger partial charge in [0.25, 0.3) is 0 Å². The van der Waals surface area contributed by atoms with Gasteiger partial charge in [-0.1, -0.05) is 12.1 Å². The summed E-state index contributed by atoms with van der Waals surface area (Å²) in [6, 6.07) is 9.24. The molecule has 1 aromatic rings. The van der Waals surface area contributed by atoms with Crippen LogP contribution in [0.5, 0.6) is 5.75 Å². The van der Waals surface area contributed by atoms with E-state index in [1.807, 2.05) is 0 Å². The number of methoxy groups -OCH3 is 1. The molecule has 0 spiro atoms. The Bertz CT molecular complexity index is 453. The van der Waals surface area contributed by atoms with E-state index in [4.69, 9.17) is 4.74 Å². The molecule has 0 saturated carbocycles. The van der Waals surface area contributed by atoms with Crippen LogP contribution in [0.25, 0.3) is 0 Å². The lowest BCUT2D eigenvalue weighted by Gasteiger charge is -2.42. The average molecular weight is 302 g/mol. The molecule has 0 amide bonds. The van der Waals surface area contributed by atoms with E-state index in [0.717, 1.165) is 24.1 Å². The Hall–Kier alpha value is -1.06. The highest BCUT2D eigenvalue weighted by Gasteiger charge is 2.31. The number of nitrogens with zero attached hydrogens (tertiary/aromatic N) is 1. The Labute approximate surface area is 135 Å². The Morgan fingerprint density at radius 2 is 1.82 bits per heavy atom. The SMILES string of the molecule is COc1ccc(CN2CC[C@@H](C3CCNCC3)C[C@H]2C)cc1. The molecule has 2 fully saturated rings. The molecule has 0 bridgehead atoms. The molecule has 0 aliphatic carbocycles. The van der Waals surface area contributed by atoms with E-state index in [1.165, 1.54) is 50.9 Å². The number of rotatable bonds is 4. The molecule has 0 aromatic heterocycles. The van der Waals surface area contributed by atoms with Crippen molar-refractivity contribution in [1.29, 1.82) is 0 Å². The number of hydrogen-bond acceptors (Lipinski definition) is 3. The first-order chi connectivity index (χ1) is 10.8. The number of piperidine rings is 2. The third-order valence-electron chi connectivity index (χ3n) is 5.65. The molecule has 2 atom stereocenters. The summed E-state index contributed by atoms with van der Waals surface area (Å²) < 4.78 is 5.24. The fourth-order valence-electron chi connectivity index (χ4n) is 4.20. The summed E-state index contributed by atoms with van der Waals surface area (Å²) in [6.07, 6.45) is 5.53. The molecule has 2 saturated heterocycles. The molecule has 22 heavy (non-hydrogen) atoms. The summed E-state index contributed by atoms with van der Waals surface area (Å²) in [5, 5.41) is 3.50. The van der Waals surface area contributed by atoms with Crippen molar-refractivity contribution in [3.8, 4) is 5.75 Å². The molecule has 0 unspecified atom stereocenters. The van der Waals surface area contributed by atoms with Crippen LogP contribution in [0.4, 0.5) is 0 Å². The Kier molecular flexibility index (Phi) is 5.37. The van der Waals surface area contributed by atoms with E-state index in [0.29, 0.717) is 6.04 Å². The summed E-state index contributed by atoms with van der Waals surface area (Å²) in [5.41, 5.74) is 1.40. The smallest absolute Gasteiger partial charge is 0.118 e. The molecule has 3 heteroatoms. The number of likely N-dealkylation sites (tertiary alicyclic amines) is 1. The maximum absolute atomic E-state index is 5.24. The standard InChI is InChI=1S/C19H30N2O/c1-15-13-18(17-7-10-20-11-8-17)9-12-21(15)14-16-3-5-19(22-2)6-4-16/h3-6,15,17-18,20H,7-14H2,1-2H3/t15-,18-/m1/s1.